The molecule has 1 saturated carbocycles. The van der Waals surface area contributed by atoms with Gasteiger partial charge in [0, 0.05) is 13.1 Å². The zero-order chi connectivity index (χ0) is 18.7. The van der Waals surface area contributed by atoms with Gasteiger partial charge in [0.1, 0.15) is 12.6 Å². The Balaban J connectivity index is 2.05. The Kier molecular flexibility index (Phi) is 5.40. The first kappa shape index (κ1) is 18.2. The molecule has 1 N–H and O–H groups in total. The normalized spacial score (nSPS) is 21.5. The molecule has 0 bridgehead atoms. The van der Waals surface area contributed by atoms with Gasteiger partial charge in [-0.1, -0.05) is 49.6 Å². The fourth-order valence-corrected chi connectivity index (χ4v) is 3.98. The number of carbonyl (C=O) groups excluding carboxylic acids is 2. The lowest BCUT2D eigenvalue weighted by Crippen LogP contribution is -2.56. The van der Waals surface area contributed by atoms with E-state index in [9.17, 15) is 19.5 Å². The van der Waals surface area contributed by atoms with Gasteiger partial charge in [-0.15, -0.1) is 0 Å². The van der Waals surface area contributed by atoms with E-state index in [0.29, 0.717) is 5.70 Å². The van der Waals surface area contributed by atoms with Crippen LogP contribution in [-0.4, -0.2) is 45.3 Å². The minimum absolute atomic E-state index is 0.0741. The molecule has 1 aliphatic carbocycles. The SMILES string of the molecule is CC(=O)N1C=C(c2ccccc2)N(CC(=O)O)C(=O)C1C1CCCCC1. The van der Waals surface area contributed by atoms with Crippen molar-refractivity contribution in [2.75, 3.05) is 6.54 Å². The Hall–Kier alpha value is -2.63. The molecule has 0 aromatic heterocycles. The van der Waals surface area contributed by atoms with Gasteiger partial charge in [-0.25, -0.2) is 0 Å². The van der Waals surface area contributed by atoms with Crippen LogP contribution >= 0.6 is 0 Å². The average Bonchev–Trinajstić information content (AvgIpc) is 2.64. The average molecular weight is 356 g/mol. The van der Waals surface area contributed by atoms with Crippen LogP contribution in [0.1, 0.15) is 44.6 Å². The minimum atomic E-state index is -1.07. The van der Waals surface area contributed by atoms with Crippen LogP contribution in [0.4, 0.5) is 0 Å². The zero-order valence-corrected chi connectivity index (χ0v) is 14.9. The van der Waals surface area contributed by atoms with Gasteiger partial charge in [0.15, 0.2) is 0 Å². The Labute approximate surface area is 153 Å². The number of hydrogen-bond donors (Lipinski definition) is 1. The van der Waals surface area contributed by atoms with Crippen LogP contribution in [-0.2, 0) is 14.4 Å². The Morgan fingerprint density at radius 3 is 2.35 bits per heavy atom. The third-order valence-electron chi connectivity index (χ3n) is 5.19. The van der Waals surface area contributed by atoms with Crippen molar-refractivity contribution in [3.05, 3.63) is 42.1 Å². The molecule has 1 aliphatic heterocycles. The van der Waals surface area contributed by atoms with Crippen LogP contribution in [0.15, 0.2) is 36.5 Å². The molecule has 1 fully saturated rings. The standard InChI is InChI=1S/C20H24N2O4/c1-14(23)21-12-17(15-8-4-2-5-9-15)22(13-18(24)25)20(26)19(21)16-10-6-3-7-11-16/h2,4-5,8-9,12,16,19H,3,6-7,10-11,13H2,1H3,(H,24,25). The predicted octanol–water partition coefficient (Wildman–Crippen LogP) is 2.71. The fourth-order valence-electron chi connectivity index (χ4n) is 3.98. The largest absolute Gasteiger partial charge is 0.480 e. The lowest BCUT2D eigenvalue weighted by atomic mass is 9.81. The first-order valence-electron chi connectivity index (χ1n) is 9.08. The quantitative estimate of drug-likeness (QED) is 0.900. The van der Waals surface area contributed by atoms with Crippen LogP contribution < -0.4 is 0 Å². The Bertz CT molecular complexity index is 723. The van der Waals surface area contributed by atoms with E-state index >= 15 is 0 Å². The number of aliphatic carboxylic acids is 1. The molecule has 1 aromatic rings. The molecule has 2 amide bonds. The maximum Gasteiger partial charge on any atom is 0.323 e. The summed E-state index contributed by atoms with van der Waals surface area (Å²) in [7, 11) is 0. The van der Waals surface area contributed by atoms with E-state index in [1.54, 1.807) is 6.20 Å². The van der Waals surface area contributed by atoms with Crippen LogP contribution in [0.25, 0.3) is 5.70 Å². The van der Waals surface area contributed by atoms with Gasteiger partial charge >= 0.3 is 5.97 Å². The van der Waals surface area contributed by atoms with Crippen molar-refractivity contribution >= 4 is 23.5 Å². The van der Waals surface area contributed by atoms with E-state index < -0.39 is 18.6 Å². The van der Waals surface area contributed by atoms with Gasteiger partial charge in [0.2, 0.25) is 5.91 Å². The summed E-state index contributed by atoms with van der Waals surface area (Å²) < 4.78 is 0. The highest BCUT2D eigenvalue weighted by Gasteiger charge is 2.42. The molecule has 0 radical (unpaired) electrons. The van der Waals surface area contributed by atoms with Gasteiger partial charge in [-0.05, 0) is 24.3 Å². The molecule has 0 saturated heterocycles. The highest BCUT2D eigenvalue weighted by molar-refractivity contribution is 5.98. The highest BCUT2D eigenvalue weighted by Crippen LogP contribution is 2.35. The van der Waals surface area contributed by atoms with Crippen molar-refractivity contribution in [1.29, 1.82) is 0 Å². The van der Waals surface area contributed by atoms with Crippen LogP contribution in [0.2, 0.25) is 0 Å². The monoisotopic (exact) mass is 356 g/mol. The number of benzene rings is 1. The van der Waals surface area contributed by atoms with E-state index in [1.807, 2.05) is 30.3 Å². The van der Waals surface area contributed by atoms with Gasteiger partial charge in [-0.3, -0.25) is 19.3 Å². The molecule has 6 nitrogen and oxygen atoms in total. The van der Waals surface area contributed by atoms with Crippen molar-refractivity contribution in [2.45, 2.75) is 45.1 Å². The second-order valence-corrected chi connectivity index (χ2v) is 6.97. The highest BCUT2D eigenvalue weighted by atomic mass is 16.4. The molecule has 1 aromatic carbocycles. The number of hydrogen-bond acceptors (Lipinski definition) is 3. The molecule has 1 atom stereocenters. The van der Waals surface area contributed by atoms with Gasteiger partial charge in [-0.2, -0.15) is 0 Å². The second-order valence-electron chi connectivity index (χ2n) is 6.97. The third-order valence-corrected chi connectivity index (χ3v) is 5.19. The van der Waals surface area contributed by atoms with Crippen molar-refractivity contribution < 1.29 is 19.5 Å². The zero-order valence-electron chi connectivity index (χ0n) is 14.9. The van der Waals surface area contributed by atoms with E-state index in [-0.39, 0.29) is 17.7 Å². The summed E-state index contributed by atoms with van der Waals surface area (Å²) in [6, 6.07) is 8.51. The number of nitrogens with zero attached hydrogens (tertiary/aromatic N) is 2. The summed E-state index contributed by atoms with van der Waals surface area (Å²) in [5.74, 6) is -1.49. The van der Waals surface area contributed by atoms with Crippen molar-refractivity contribution in [2.24, 2.45) is 5.92 Å². The molecule has 3 rings (SSSR count). The molecular formula is C20H24N2O4. The third kappa shape index (κ3) is 3.64. The topological polar surface area (TPSA) is 77.9 Å². The summed E-state index contributed by atoms with van der Waals surface area (Å²) in [5, 5.41) is 9.32. The van der Waals surface area contributed by atoms with E-state index in [0.717, 1.165) is 37.7 Å². The fraction of sp³-hybridized carbons (Fsp3) is 0.450. The smallest absolute Gasteiger partial charge is 0.323 e. The van der Waals surface area contributed by atoms with Crippen LogP contribution in [0.3, 0.4) is 0 Å². The number of amides is 2. The second kappa shape index (κ2) is 7.72. The number of carbonyl (C=O) groups is 3. The summed E-state index contributed by atoms with van der Waals surface area (Å²) in [4.78, 5) is 39.8. The molecule has 138 valence electrons. The van der Waals surface area contributed by atoms with Gasteiger partial charge < -0.3 is 10.0 Å². The lowest BCUT2D eigenvalue weighted by Gasteiger charge is -2.42. The number of rotatable bonds is 4. The predicted molar refractivity (Wildman–Crippen MR) is 96.7 cm³/mol. The first-order valence-corrected chi connectivity index (χ1v) is 9.08. The van der Waals surface area contributed by atoms with Gasteiger partial charge in [0.05, 0.1) is 5.70 Å². The molecule has 0 spiro atoms. The summed E-state index contributed by atoms with van der Waals surface area (Å²) in [6.45, 7) is 1.05. The van der Waals surface area contributed by atoms with E-state index in [4.69, 9.17) is 0 Å². The molecule has 26 heavy (non-hydrogen) atoms. The lowest BCUT2D eigenvalue weighted by molar-refractivity contribution is -0.148. The maximum atomic E-state index is 13.3. The van der Waals surface area contributed by atoms with Gasteiger partial charge in [0.25, 0.3) is 5.91 Å². The number of carboxylic acids is 1. The Morgan fingerprint density at radius 1 is 1.12 bits per heavy atom. The number of carboxylic acid groups (broad SMARTS) is 1. The molecule has 1 heterocycles. The van der Waals surface area contributed by atoms with E-state index in [1.165, 1.54) is 16.7 Å². The Morgan fingerprint density at radius 2 is 1.77 bits per heavy atom. The molecule has 2 aliphatic rings. The van der Waals surface area contributed by atoms with Crippen LogP contribution in [0.5, 0.6) is 0 Å². The molecule has 1 unspecified atom stereocenters. The maximum absolute atomic E-state index is 13.3. The van der Waals surface area contributed by atoms with Crippen molar-refractivity contribution in [3.8, 4) is 0 Å². The summed E-state index contributed by atoms with van der Waals surface area (Å²) in [6.07, 6.45) is 6.64. The molecule has 6 heteroatoms. The summed E-state index contributed by atoms with van der Waals surface area (Å²) >= 11 is 0. The van der Waals surface area contributed by atoms with Crippen molar-refractivity contribution in [1.82, 2.24) is 9.80 Å². The van der Waals surface area contributed by atoms with Crippen molar-refractivity contribution in [3.63, 3.8) is 0 Å². The summed E-state index contributed by atoms with van der Waals surface area (Å²) in [5.41, 5.74) is 1.18. The minimum Gasteiger partial charge on any atom is -0.480 e. The first-order chi connectivity index (χ1) is 12.5. The van der Waals surface area contributed by atoms with E-state index in [2.05, 4.69) is 0 Å². The molecular weight excluding hydrogens is 332 g/mol. The van der Waals surface area contributed by atoms with Crippen LogP contribution in [0, 0.1) is 5.92 Å².